The minimum absolute atomic E-state index is 0.0340. The van der Waals surface area contributed by atoms with Crippen molar-refractivity contribution in [1.29, 1.82) is 0 Å². The molecule has 6 nitrogen and oxygen atoms in total. The number of Topliss-reactive ketones (excluding diaryl/α,β-unsaturated/α-hetero) is 1. The molecule has 0 aliphatic carbocycles. The minimum atomic E-state index is -1.22. The van der Waals surface area contributed by atoms with E-state index in [4.69, 9.17) is 20.1 Å². The molecule has 0 heterocycles. The van der Waals surface area contributed by atoms with Crippen molar-refractivity contribution in [3.05, 3.63) is 0 Å². The van der Waals surface area contributed by atoms with Gasteiger partial charge in [0, 0.05) is 6.42 Å². The summed E-state index contributed by atoms with van der Waals surface area (Å²) in [4.78, 5) is 21.7. The van der Waals surface area contributed by atoms with E-state index in [2.05, 4.69) is 0 Å². The van der Waals surface area contributed by atoms with Crippen molar-refractivity contribution in [2.24, 2.45) is 5.41 Å². The van der Waals surface area contributed by atoms with Gasteiger partial charge >= 0.3 is 5.97 Å². The predicted molar refractivity (Wildman–Crippen MR) is 54.6 cm³/mol. The van der Waals surface area contributed by atoms with E-state index < -0.39 is 31.2 Å². The van der Waals surface area contributed by atoms with Crippen LogP contribution in [0.3, 0.4) is 0 Å². The molecule has 16 heavy (non-hydrogen) atoms. The van der Waals surface area contributed by atoms with Gasteiger partial charge in [-0.2, -0.15) is 0 Å². The summed E-state index contributed by atoms with van der Waals surface area (Å²) in [5.41, 5.74) is -1.22. The number of ketones is 1. The Balaban J connectivity index is 4.01. The van der Waals surface area contributed by atoms with Gasteiger partial charge in [0.25, 0.3) is 0 Å². The van der Waals surface area contributed by atoms with Crippen molar-refractivity contribution in [3.63, 3.8) is 0 Å². The van der Waals surface area contributed by atoms with Crippen molar-refractivity contribution in [2.45, 2.75) is 19.8 Å². The first-order chi connectivity index (χ1) is 7.49. The molecule has 0 atom stereocenters. The smallest absolute Gasteiger partial charge is 0.306 e. The van der Waals surface area contributed by atoms with Gasteiger partial charge in [0.2, 0.25) is 0 Å². The van der Waals surface area contributed by atoms with Gasteiger partial charge < -0.3 is 24.9 Å². The number of aliphatic hydroxyl groups excluding tert-OH is 3. The van der Waals surface area contributed by atoms with E-state index >= 15 is 0 Å². The number of ether oxygens (including phenoxy) is 1. The molecule has 6 heteroatoms. The summed E-state index contributed by atoms with van der Waals surface area (Å²) in [6.07, 6.45) is 0.0664. The Hall–Kier alpha value is -0.980. The molecule has 0 unspecified atom stereocenters. The second kappa shape index (κ2) is 7.32. The lowest BCUT2D eigenvalue weighted by Gasteiger charge is -2.26. The number of carbonyl (C=O) groups excluding carboxylic acids is 2. The molecule has 0 aliphatic rings. The van der Waals surface area contributed by atoms with Crippen LogP contribution in [0.5, 0.6) is 0 Å². The lowest BCUT2D eigenvalue weighted by Crippen LogP contribution is -2.39. The summed E-state index contributed by atoms with van der Waals surface area (Å²) in [6, 6.07) is 0. The lowest BCUT2D eigenvalue weighted by atomic mass is 9.93. The summed E-state index contributed by atoms with van der Waals surface area (Å²) in [5.74, 6) is -0.704. The molecule has 0 amide bonds. The first kappa shape index (κ1) is 15.0. The van der Waals surface area contributed by atoms with Gasteiger partial charge in [-0.15, -0.1) is 0 Å². The van der Waals surface area contributed by atoms with Crippen molar-refractivity contribution < 1.29 is 29.6 Å². The SMILES string of the molecule is CC(=O)CCC(=O)OCC(CO)(CO)CO. The van der Waals surface area contributed by atoms with E-state index in [0.717, 1.165) is 0 Å². The van der Waals surface area contributed by atoms with Crippen LogP contribution in [0.15, 0.2) is 0 Å². The maximum atomic E-state index is 11.1. The maximum Gasteiger partial charge on any atom is 0.306 e. The van der Waals surface area contributed by atoms with E-state index in [-0.39, 0.29) is 25.2 Å². The van der Waals surface area contributed by atoms with Gasteiger partial charge in [-0.3, -0.25) is 4.79 Å². The molecule has 3 N–H and O–H groups in total. The number of hydrogen-bond donors (Lipinski definition) is 3. The number of aliphatic hydroxyl groups is 3. The monoisotopic (exact) mass is 234 g/mol. The van der Waals surface area contributed by atoms with Crippen molar-refractivity contribution in [2.75, 3.05) is 26.4 Å². The van der Waals surface area contributed by atoms with Gasteiger partial charge in [-0.05, 0) is 6.92 Å². The van der Waals surface area contributed by atoms with E-state index in [1.807, 2.05) is 0 Å². The Labute approximate surface area is 93.8 Å². The van der Waals surface area contributed by atoms with Crippen molar-refractivity contribution in [3.8, 4) is 0 Å². The van der Waals surface area contributed by atoms with E-state index in [1.54, 1.807) is 0 Å². The highest BCUT2D eigenvalue weighted by molar-refractivity contribution is 5.80. The third-order valence-electron chi connectivity index (χ3n) is 2.23. The molecule has 0 bridgehead atoms. The van der Waals surface area contributed by atoms with Crippen molar-refractivity contribution >= 4 is 11.8 Å². The highest BCUT2D eigenvalue weighted by Crippen LogP contribution is 2.15. The highest BCUT2D eigenvalue weighted by Gasteiger charge is 2.30. The molecule has 0 spiro atoms. The maximum absolute atomic E-state index is 11.1. The molecular formula is C10H18O6. The normalized spacial score (nSPS) is 11.2. The van der Waals surface area contributed by atoms with Crippen LogP contribution in [0.1, 0.15) is 19.8 Å². The molecule has 0 radical (unpaired) electrons. The molecule has 0 rings (SSSR count). The summed E-state index contributed by atoms with van der Waals surface area (Å²) in [5, 5.41) is 26.8. The molecule has 0 saturated carbocycles. The van der Waals surface area contributed by atoms with Gasteiger partial charge in [-0.1, -0.05) is 0 Å². The molecule has 0 aliphatic heterocycles. The van der Waals surface area contributed by atoms with Gasteiger partial charge in [0.05, 0.1) is 31.7 Å². The zero-order valence-electron chi connectivity index (χ0n) is 9.31. The first-order valence-electron chi connectivity index (χ1n) is 4.97. The second-order valence-corrected chi connectivity index (χ2v) is 3.84. The largest absolute Gasteiger partial charge is 0.465 e. The second-order valence-electron chi connectivity index (χ2n) is 3.84. The van der Waals surface area contributed by atoms with E-state index in [1.165, 1.54) is 6.92 Å². The molecule has 0 aromatic heterocycles. The Morgan fingerprint density at radius 3 is 1.94 bits per heavy atom. The van der Waals surface area contributed by atoms with Crippen LogP contribution >= 0.6 is 0 Å². The Morgan fingerprint density at radius 2 is 1.56 bits per heavy atom. The van der Waals surface area contributed by atoms with Crippen LogP contribution in [0.2, 0.25) is 0 Å². The molecule has 0 fully saturated rings. The third kappa shape index (κ3) is 5.20. The molecule has 0 saturated heterocycles. The van der Waals surface area contributed by atoms with Gasteiger partial charge in [-0.25, -0.2) is 0 Å². The van der Waals surface area contributed by atoms with Crippen LogP contribution in [0.4, 0.5) is 0 Å². The van der Waals surface area contributed by atoms with E-state index in [9.17, 15) is 9.59 Å². The van der Waals surface area contributed by atoms with Crippen LogP contribution < -0.4 is 0 Å². The minimum Gasteiger partial charge on any atom is -0.465 e. The zero-order valence-corrected chi connectivity index (χ0v) is 9.31. The molecular weight excluding hydrogens is 216 g/mol. The number of hydrogen-bond acceptors (Lipinski definition) is 6. The van der Waals surface area contributed by atoms with Crippen LogP contribution in [-0.2, 0) is 14.3 Å². The average Bonchev–Trinajstić information content (AvgIpc) is 2.29. The van der Waals surface area contributed by atoms with Crippen LogP contribution in [-0.4, -0.2) is 53.5 Å². The zero-order chi connectivity index (χ0) is 12.6. The quantitative estimate of drug-likeness (QED) is 0.459. The lowest BCUT2D eigenvalue weighted by molar-refractivity contribution is -0.152. The first-order valence-corrected chi connectivity index (χ1v) is 4.97. The topological polar surface area (TPSA) is 104 Å². The van der Waals surface area contributed by atoms with Crippen molar-refractivity contribution in [1.82, 2.24) is 0 Å². The standard InChI is InChI=1S/C10H18O6/c1-8(14)2-3-9(15)16-7-10(4-11,5-12)6-13/h11-13H,2-7H2,1H3. The Bertz CT molecular complexity index is 225. The summed E-state index contributed by atoms with van der Waals surface area (Å²) < 4.78 is 4.76. The number of rotatable bonds is 8. The van der Waals surface area contributed by atoms with Crippen LogP contribution in [0.25, 0.3) is 0 Å². The molecule has 94 valence electrons. The summed E-state index contributed by atoms with van der Waals surface area (Å²) >= 11 is 0. The number of esters is 1. The Kier molecular flexibility index (Phi) is 6.87. The van der Waals surface area contributed by atoms with Crippen LogP contribution in [0, 0.1) is 5.41 Å². The fourth-order valence-corrected chi connectivity index (χ4v) is 0.871. The summed E-state index contributed by atoms with van der Waals surface area (Å²) in [7, 11) is 0. The van der Waals surface area contributed by atoms with E-state index in [0.29, 0.717) is 0 Å². The van der Waals surface area contributed by atoms with Gasteiger partial charge in [0.15, 0.2) is 0 Å². The van der Waals surface area contributed by atoms with Gasteiger partial charge in [0.1, 0.15) is 12.4 Å². The fraction of sp³-hybridized carbons (Fsp3) is 0.800. The third-order valence-corrected chi connectivity index (χ3v) is 2.23. The summed E-state index contributed by atoms with van der Waals surface area (Å²) in [6.45, 7) is -0.361. The highest BCUT2D eigenvalue weighted by atomic mass is 16.5. The molecule has 0 aromatic carbocycles. The predicted octanol–water partition coefficient (Wildman–Crippen LogP) is -1.14. The Morgan fingerprint density at radius 1 is 1.06 bits per heavy atom. The number of carbonyl (C=O) groups is 2. The average molecular weight is 234 g/mol. The molecule has 0 aromatic rings. The fourth-order valence-electron chi connectivity index (χ4n) is 0.871.